The van der Waals surface area contributed by atoms with Gasteiger partial charge in [0.25, 0.3) is 5.91 Å². The number of hydrogen-bond donors (Lipinski definition) is 1. The number of ether oxygens (including phenoxy) is 2. The van der Waals surface area contributed by atoms with Crippen LogP contribution in [0.5, 0.6) is 11.5 Å². The summed E-state index contributed by atoms with van der Waals surface area (Å²) in [5.74, 6) is 1.18. The molecule has 134 valence electrons. The number of nitrogens with one attached hydrogen (secondary N) is 1. The topological polar surface area (TPSA) is 73.6 Å². The number of hydrogen-bond acceptors (Lipinski definition) is 5. The van der Waals surface area contributed by atoms with Crippen molar-refractivity contribution in [3.05, 3.63) is 66.1 Å². The molecule has 0 saturated heterocycles. The van der Waals surface area contributed by atoms with Gasteiger partial charge >= 0.3 is 0 Å². The molecule has 7 heteroatoms. The SMILES string of the molecule is COc1ccc(OCC(=O)NCc2cc(-c3ccc(F)cc3)on2)cc1. The van der Waals surface area contributed by atoms with E-state index in [1.165, 1.54) is 12.1 Å². The van der Waals surface area contributed by atoms with Gasteiger partial charge in [0, 0.05) is 11.6 Å². The molecule has 1 aromatic heterocycles. The molecular weight excluding hydrogens is 339 g/mol. The average Bonchev–Trinajstić information content (AvgIpc) is 3.14. The van der Waals surface area contributed by atoms with Crippen molar-refractivity contribution in [1.29, 1.82) is 0 Å². The van der Waals surface area contributed by atoms with E-state index in [0.29, 0.717) is 28.5 Å². The molecule has 0 atom stereocenters. The molecule has 1 amide bonds. The minimum atomic E-state index is -0.322. The Kier molecular flexibility index (Phi) is 5.48. The fourth-order valence-corrected chi connectivity index (χ4v) is 2.21. The van der Waals surface area contributed by atoms with Gasteiger partial charge in [0.2, 0.25) is 0 Å². The van der Waals surface area contributed by atoms with Crippen LogP contribution in [0, 0.1) is 5.82 Å². The average molecular weight is 356 g/mol. The van der Waals surface area contributed by atoms with Crippen molar-refractivity contribution in [3.63, 3.8) is 0 Å². The second kappa shape index (κ2) is 8.15. The van der Waals surface area contributed by atoms with Gasteiger partial charge in [0.05, 0.1) is 13.7 Å². The largest absolute Gasteiger partial charge is 0.497 e. The first-order valence-corrected chi connectivity index (χ1v) is 7.89. The van der Waals surface area contributed by atoms with Crippen molar-refractivity contribution >= 4 is 5.91 Å². The highest BCUT2D eigenvalue weighted by Crippen LogP contribution is 2.20. The van der Waals surface area contributed by atoms with Crippen LogP contribution >= 0.6 is 0 Å². The Morgan fingerprint density at radius 1 is 1.12 bits per heavy atom. The molecule has 0 radical (unpaired) electrons. The van der Waals surface area contributed by atoms with E-state index in [-0.39, 0.29) is 24.9 Å². The van der Waals surface area contributed by atoms with Gasteiger partial charge in [-0.25, -0.2) is 4.39 Å². The van der Waals surface area contributed by atoms with E-state index in [1.807, 2.05) is 0 Å². The van der Waals surface area contributed by atoms with Crippen molar-refractivity contribution in [2.75, 3.05) is 13.7 Å². The van der Waals surface area contributed by atoms with Crippen LogP contribution in [0.4, 0.5) is 4.39 Å². The molecule has 0 aliphatic carbocycles. The fraction of sp³-hybridized carbons (Fsp3) is 0.158. The van der Waals surface area contributed by atoms with Crippen LogP contribution in [0.2, 0.25) is 0 Å². The fourth-order valence-electron chi connectivity index (χ4n) is 2.21. The number of carbonyl (C=O) groups is 1. The number of halogens is 1. The van der Waals surface area contributed by atoms with Crippen molar-refractivity contribution in [1.82, 2.24) is 10.5 Å². The van der Waals surface area contributed by atoms with Gasteiger partial charge in [-0.15, -0.1) is 0 Å². The molecule has 0 aliphatic heterocycles. The van der Waals surface area contributed by atoms with Crippen molar-refractivity contribution in [2.45, 2.75) is 6.54 Å². The van der Waals surface area contributed by atoms with Crippen molar-refractivity contribution < 1.29 is 23.2 Å². The second-order valence-electron chi connectivity index (χ2n) is 5.43. The zero-order valence-electron chi connectivity index (χ0n) is 14.1. The normalized spacial score (nSPS) is 10.4. The predicted molar refractivity (Wildman–Crippen MR) is 92.2 cm³/mol. The maximum absolute atomic E-state index is 12.9. The summed E-state index contributed by atoms with van der Waals surface area (Å²) in [5, 5.41) is 6.58. The molecule has 1 heterocycles. The Hall–Kier alpha value is -3.35. The predicted octanol–water partition coefficient (Wildman–Crippen LogP) is 3.18. The number of amides is 1. The van der Waals surface area contributed by atoms with E-state index in [4.69, 9.17) is 14.0 Å². The van der Waals surface area contributed by atoms with E-state index in [0.717, 1.165) is 0 Å². The Morgan fingerprint density at radius 2 is 1.81 bits per heavy atom. The van der Waals surface area contributed by atoms with Crippen molar-refractivity contribution in [3.8, 4) is 22.8 Å². The summed E-state index contributed by atoms with van der Waals surface area (Å²) >= 11 is 0. The highest BCUT2D eigenvalue weighted by atomic mass is 19.1. The van der Waals surface area contributed by atoms with E-state index in [1.54, 1.807) is 49.6 Å². The van der Waals surface area contributed by atoms with Crippen LogP contribution in [0.3, 0.4) is 0 Å². The lowest BCUT2D eigenvalue weighted by molar-refractivity contribution is -0.123. The van der Waals surface area contributed by atoms with Crippen LogP contribution in [-0.2, 0) is 11.3 Å². The molecule has 0 spiro atoms. The lowest BCUT2D eigenvalue weighted by Gasteiger charge is -2.07. The van der Waals surface area contributed by atoms with Crippen LogP contribution in [-0.4, -0.2) is 24.8 Å². The Morgan fingerprint density at radius 3 is 2.50 bits per heavy atom. The summed E-state index contributed by atoms with van der Waals surface area (Å²) in [5.41, 5.74) is 1.27. The molecule has 3 rings (SSSR count). The van der Waals surface area contributed by atoms with Crippen LogP contribution < -0.4 is 14.8 Å². The Balaban J connectivity index is 1.47. The number of benzene rings is 2. The zero-order valence-corrected chi connectivity index (χ0v) is 14.1. The van der Waals surface area contributed by atoms with E-state index in [9.17, 15) is 9.18 Å². The molecule has 0 fully saturated rings. The summed E-state index contributed by atoms with van der Waals surface area (Å²) in [4.78, 5) is 11.9. The van der Waals surface area contributed by atoms with Crippen LogP contribution in [0.15, 0.2) is 59.1 Å². The van der Waals surface area contributed by atoms with Gasteiger partial charge in [-0.05, 0) is 48.5 Å². The smallest absolute Gasteiger partial charge is 0.258 e. The van der Waals surface area contributed by atoms with E-state index in [2.05, 4.69) is 10.5 Å². The molecule has 26 heavy (non-hydrogen) atoms. The number of rotatable bonds is 7. The van der Waals surface area contributed by atoms with Gasteiger partial charge in [0.1, 0.15) is 23.0 Å². The van der Waals surface area contributed by atoms with Crippen molar-refractivity contribution in [2.24, 2.45) is 0 Å². The Labute approximate surface area is 149 Å². The lowest BCUT2D eigenvalue weighted by atomic mass is 10.1. The minimum absolute atomic E-state index is 0.116. The lowest BCUT2D eigenvalue weighted by Crippen LogP contribution is -2.28. The zero-order chi connectivity index (χ0) is 18.4. The molecule has 0 aliphatic rings. The Bertz CT molecular complexity index is 860. The molecule has 3 aromatic rings. The van der Waals surface area contributed by atoms with E-state index >= 15 is 0 Å². The molecule has 2 aromatic carbocycles. The highest BCUT2D eigenvalue weighted by Gasteiger charge is 2.09. The maximum Gasteiger partial charge on any atom is 0.258 e. The summed E-state index contributed by atoms with van der Waals surface area (Å²) < 4.78 is 28.6. The summed E-state index contributed by atoms with van der Waals surface area (Å²) in [6.45, 7) is 0.0878. The number of nitrogens with zero attached hydrogens (tertiary/aromatic N) is 1. The molecule has 0 saturated carbocycles. The molecule has 1 N–H and O–H groups in total. The molecular formula is C19H17FN2O4. The minimum Gasteiger partial charge on any atom is -0.497 e. The van der Waals surface area contributed by atoms with Gasteiger partial charge in [-0.1, -0.05) is 5.16 Å². The molecule has 0 bridgehead atoms. The first-order valence-electron chi connectivity index (χ1n) is 7.89. The highest BCUT2D eigenvalue weighted by molar-refractivity contribution is 5.77. The number of methoxy groups -OCH3 is 1. The molecule has 0 unspecified atom stereocenters. The van der Waals surface area contributed by atoms with Gasteiger partial charge < -0.3 is 19.3 Å². The third-order valence-corrected chi connectivity index (χ3v) is 3.58. The van der Waals surface area contributed by atoms with Crippen LogP contribution in [0.25, 0.3) is 11.3 Å². The second-order valence-corrected chi connectivity index (χ2v) is 5.43. The monoisotopic (exact) mass is 356 g/mol. The third kappa shape index (κ3) is 4.60. The summed E-state index contributed by atoms with van der Waals surface area (Å²) in [6.07, 6.45) is 0. The quantitative estimate of drug-likeness (QED) is 0.704. The van der Waals surface area contributed by atoms with Gasteiger partial charge in [-0.3, -0.25) is 4.79 Å². The van der Waals surface area contributed by atoms with Gasteiger partial charge in [-0.2, -0.15) is 0 Å². The van der Waals surface area contributed by atoms with Gasteiger partial charge in [0.15, 0.2) is 12.4 Å². The van der Waals surface area contributed by atoms with E-state index < -0.39 is 0 Å². The first kappa shape index (κ1) is 17.5. The first-order chi connectivity index (χ1) is 12.6. The third-order valence-electron chi connectivity index (χ3n) is 3.58. The number of aromatic nitrogens is 1. The van der Waals surface area contributed by atoms with Crippen LogP contribution in [0.1, 0.15) is 5.69 Å². The summed E-state index contributed by atoms with van der Waals surface area (Å²) in [6, 6.07) is 14.5. The maximum atomic E-state index is 12.9. The standard InChI is InChI=1S/C19H17FN2O4/c1-24-16-6-8-17(9-7-16)25-12-19(23)21-11-15-10-18(26-22-15)13-2-4-14(20)5-3-13/h2-10H,11-12H2,1H3,(H,21,23). The number of carbonyl (C=O) groups excluding carboxylic acids is 1. The molecule has 6 nitrogen and oxygen atoms in total. The summed E-state index contributed by atoms with van der Waals surface area (Å²) in [7, 11) is 1.58.